The Balaban J connectivity index is 0.000000188. The molecule has 0 aromatic heterocycles. The van der Waals surface area contributed by atoms with Gasteiger partial charge in [-0.15, -0.1) is 0 Å². The Bertz CT molecular complexity index is 582. The van der Waals surface area contributed by atoms with Crippen molar-refractivity contribution < 1.29 is 0 Å². The van der Waals surface area contributed by atoms with Gasteiger partial charge in [0.1, 0.15) is 16.6 Å². The number of allylic oxidation sites excluding steroid dienone is 1. The average molecular weight is 403 g/mol. The molecule has 4 fully saturated rings. The minimum absolute atomic E-state index is 0.223. The van der Waals surface area contributed by atoms with E-state index in [4.69, 9.17) is 23.2 Å². The number of thiocarbonyl (C=S) groups is 1. The molecular formula is C23H38N4S. The van der Waals surface area contributed by atoms with Crippen molar-refractivity contribution in [2.75, 3.05) is 26.2 Å². The van der Waals surface area contributed by atoms with Crippen LogP contribution in [0.15, 0.2) is 11.3 Å². The Labute approximate surface area is 176 Å². The molecule has 2 heterocycles. The Morgan fingerprint density at radius 3 is 2.18 bits per heavy atom. The second-order valence-electron chi connectivity index (χ2n) is 9.27. The van der Waals surface area contributed by atoms with Crippen molar-refractivity contribution in [1.82, 2.24) is 10.2 Å². The molecule has 5 heteroatoms. The third kappa shape index (κ3) is 5.48. The van der Waals surface area contributed by atoms with Crippen LogP contribution in [0, 0.1) is 35.0 Å². The van der Waals surface area contributed by atoms with Crippen LogP contribution in [0.3, 0.4) is 0 Å². The maximum atomic E-state index is 9.13. The Morgan fingerprint density at radius 1 is 0.964 bits per heavy atom. The topological polar surface area (TPSA) is 65.1 Å². The van der Waals surface area contributed by atoms with Gasteiger partial charge in [-0.3, -0.25) is 0 Å². The van der Waals surface area contributed by atoms with Crippen LogP contribution >= 0.6 is 12.2 Å². The molecule has 0 bridgehead atoms. The number of nitriles is 1. The van der Waals surface area contributed by atoms with Gasteiger partial charge in [-0.1, -0.05) is 50.7 Å². The number of rotatable bonds is 2. The summed E-state index contributed by atoms with van der Waals surface area (Å²) in [5.41, 5.74) is 7.06. The largest absolute Gasteiger partial charge is 0.389 e. The fourth-order valence-corrected chi connectivity index (χ4v) is 6.08. The number of hydrogen-bond donors (Lipinski definition) is 2. The molecule has 2 aliphatic carbocycles. The predicted octanol–water partition coefficient (Wildman–Crippen LogP) is 4.37. The fourth-order valence-electron chi connectivity index (χ4n) is 5.89. The van der Waals surface area contributed by atoms with Crippen molar-refractivity contribution in [3.8, 4) is 6.07 Å². The molecule has 0 spiro atoms. The van der Waals surface area contributed by atoms with E-state index in [-0.39, 0.29) is 4.99 Å². The molecule has 4 atom stereocenters. The van der Waals surface area contributed by atoms with Gasteiger partial charge in [0.2, 0.25) is 0 Å². The zero-order chi connectivity index (χ0) is 19.9. The van der Waals surface area contributed by atoms with Crippen molar-refractivity contribution in [2.45, 2.75) is 71.1 Å². The number of hydrogen-bond acceptors (Lipinski definition) is 4. The van der Waals surface area contributed by atoms with Gasteiger partial charge in [-0.25, -0.2) is 0 Å². The lowest BCUT2D eigenvalue weighted by Gasteiger charge is -2.42. The van der Waals surface area contributed by atoms with Crippen LogP contribution < -0.4 is 11.1 Å². The minimum Gasteiger partial charge on any atom is -0.389 e. The maximum absolute atomic E-state index is 9.13. The number of nitrogens with zero attached hydrogens (tertiary/aromatic N) is 2. The monoisotopic (exact) mass is 402 g/mol. The zero-order valence-corrected chi connectivity index (χ0v) is 18.4. The van der Waals surface area contributed by atoms with Crippen LogP contribution in [-0.2, 0) is 0 Å². The van der Waals surface area contributed by atoms with Crippen molar-refractivity contribution in [1.29, 1.82) is 5.26 Å². The minimum atomic E-state index is 0.223. The highest BCUT2D eigenvalue weighted by molar-refractivity contribution is 7.80. The van der Waals surface area contributed by atoms with E-state index in [0.29, 0.717) is 5.57 Å². The van der Waals surface area contributed by atoms with E-state index >= 15 is 0 Å². The number of nitrogens with two attached hydrogens (primary N) is 1. The van der Waals surface area contributed by atoms with Crippen molar-refractivity contribution in [2.24, 2.45) is 29.4 Å². The molecule has 4 aliphatic rings. The second kappa shape index (κ2) is 10.6. The molecule has 3 N–H and O–H groups in total. The van der Waals surface area contributed by atoms with Gasteiger partial charge in [0, 0.05) is 18.8 Å². The number of nitrogens with one attached hydrogen (secondary N) is 1. The molecular weight excluding hydrogens is 364 g/mol. The lowest BCUT2D eigenvalue weighted by molar-refractivity contribution is 0.109. The fraction of sp³-hybridized carbons (Fsp3) is 0.826. The van der Waals surface area contributed by atoms with Gasteiger partial charge in [0.15, 0.2) is 0 Å². The SMILES string of the molecule is C/C(=C(\C#N)C(N)=S)N1CC[C@@H]2CCCC[C@H]2C1.C1CC[C@H]2CNCC[C@@H]2C1. The predicted molar refractivity (Wildman–Crippen MR) is 120 cm³/mol. The summed E-state index contributed by atoms with van der Waals surface area (Å²) in [6, 6.07) is 2.14. The average Bonchev–Trinajstić information content (AvgIpc) is 2.74. The van der Waals surface area contributed by atoms with Crippen molar-refractivity contribution in [3.05, 3.63) is 11.3 Å². The number of likely N-dealkylation sites (tertiary alicyclic amines) is 1. The summed E-state index contributed by atoms with van der Waals surface area (Å²) >= 11 is 4.95. The van der Waals surface area contributed by atoms with Crippen LogP contribution in [-0.4, -0.2) is 36.1 Å². The number of fused-ring (bicyclic) bond motifs is 2. The second-order valence-corrected chi connectivity index (χ2v) is 9.71. The Hall–Kier alpha value is -1.12. The highest BCUT2D eigenvalue weighted by Gasteiger charge is 2.31. The molecule has 28 heavy (non-hydrogen) atoms. The number of piperidine rings is 2. The molecule has 156 valence electrons. The van der Waals surface area contributed by atoms with E-state index in [0.717, 1.165) is 42.5 Å². The summed E-state index contributed by atoms with van der Waals surface area (Å²) < 4.78 is 0. The summed E-state index contributed by atoms with van der Waals surface area (Å²) in [6.07, 6.45) is 14.2. The highest BCUT2D eigenvalue weighted by atomic mass is 32.1. The van der Waals surface area contributed by atoms with Crippen molar-refractivity contribution >= 4 is 17.2 Å². The summed E-state index contributed by atoms with van der Waals surface area (Å²) in [5.74, 6) is 3.84. The first-order valence-corrected chi connectivity index (χ1v) is 11.9. The smallest absolute Gasteiger partial charge is 0.116 e. The van der Waals surface area contributed by atoms with Gasteiger partial charge in [0.05, 0.1) is 0 Å². The summed E-state index contributed by atoms with van der Waals surface area (Å²) in [6.45, 7) is 6.68. The lowest BCUT2D eigenvalue weighted by Crippen LogP contribution is -2.41. The van der Waals surface area contributed by atoms with E-state index in [1.54, 1.807) is 0 Å². The summed E-state index contributed by atoms with van der Waals surface area (Å²) in [4.78, 5) is 2.53. The first kappa shape index (κ1) is 21.6. The third-order valence-corrected chi connectivity index (χ3v) is 7.85. The molecule has 0 amide bonds. The standard InChI is InChI=1S/C14H21N3S.C9H17N/c1-10(13(8-15)14(16)18)17-7-6-11-4-2-3-5-12(11)9-17;1-2-4-9-7-10-6-5-8(9)3-1/h11-12H,2-7,9H2,1H3,(H2,16,18);8-10H,1-7H2/b13-10-;/t11-,12-;8-,9-/m00/s1. The van der Waals surface area contributed by atoms with Crippen LogP contribution in [0.1, 0.15) is 71.1 Å². The van der Waals surface area contributed by atoms with Gasteiger partial charge < -0.3 is 16.0 Å². The summed E-state index contributed by atoms with van der Waals surface area (Å²) in [5, 5.41) is 12.6. The van der Waals surface area contributed by atoms with E-state index in [2.05, 4.69) is 16.3 Å². The zero-order valence-electron chi connectivity index (χ0n) is 17.6. The Kier molecular flexibility index (Phi) is 8.17. The quantitative estimate of drug-likeness (QED) is 0.408. The van der Waals surface area contributed by atoms with E-state index in [1.807, 2.05) is 6.92 Å². The molecule has 2 saturated carbocycles. The maximum Gasteiger partial charge on any atom is 0.116 e. The van der Waals surface area contributed by atoms with Gasteiger partial charge >= 0.3 is 0 Å². The van der Waals surface area contributed by atoms with Gasteiger partial charge in [-0.2, -0.15) is 5.26 Å². The first-order valence-electron chi connectivity index (χ1n) is 11.5. The molecule has 2 saturated heterocycles. The van der Waals surface area contributed by atoms with Gasteiger partial charge in [-0.05, 0) is 69.4 Å². The molecule has 4 nitrogen and oxygen atoms in total. The van der Waals surface area contributed by atoms with E-state index < -0.39 is 0 Å². The highest BCUT2D eigenvalue weighted by Crippen LogP contribution is 2.37. The normalized spacial score (nSPS) is 33.2. The molecule has 0 aromatic rings. The molecule has 0 unspecified atom stereocenters. The third-order valence-electron chi connectivity index (χ3n) is 7.65. The molecule has 2 aliphatic heterocycles. The molecule has 4 rings (SSSR count). The first-order chi connectivity index (χ1) is 13.6. The van der Waals surface area contributed by atoms with Crippen LogP contribution in [0.25, 0.3) is 0 Å². The van der Waals surface area contributed by atoms with Crippen LogP contribution in [0.2, 0.25) is 0 Å². The van der Waals surface area contributed by atoms with Crippen molar-refractivity contribution in [3.63, 3.8) is 0 Å². The van der Waals surface area contributed by atoms with Crippen LogP contribution in [0.4, 0.5) is 0 Å². The Morgan fingerprint density at radius 2 is 1.57 bits per heavy atom. The lowest BCUT2D eigenvalue weighted by atomic mass is 9.75. The summed E-state index contributed by atoms with van der Waals surface area (Å²) in [7, 11) is 0. The molecule has 0 radical (unpaired) electrons. The molecule has 0 aromatic carbocycles. The van der Waals surface area contributed by atoms with E-state index in [1.165, 1.54) is 77.3 Å². The van der Waals surface area contributed by atoms with Gasteiger partial charge in [0.25, 0.3) is 0 Å². The van der Waals surface area contributed by atoms with Crippen LogP contribution in [0.5, 0.6) is 0 Å². The van der Waals surface area contributed by atoms with E-state index in [9.17, 15) is 0 Å².